The van der Waals surface area contributed by atoms with Crippen molar-refractivity contribution in [2.75, 3.05) is 18.0 Å². The molecule has 4 rings (SSSR count). The molecule has 2 aliphatic rings. The molecular formula is C21H28N4O. The summed E-state index contributed by atoms with van der Waals surface area (Å²) in [7, 11) is 0. The molecule has 1 aliphatic carbocycles. The van der Waals surface area contributed by atoms with Gasteiger partial charge in [-0.3, -0.25) is 9.89 Å². The average molecular weight is 352 g/mol. The molecule has 2 aromatic rings. The van der Waals surface area contributed by atoms with E-state index in [1.165, 1.54) is 19.3 Å². The van der Waals surface area contributed by atoms with Gasteiger partial charge in [0.1, 0.15) is 0 Å². The lowest BCUT2D eigenvalue weighted by molar-refractivity contribution is -0.126. The molecule has 1 aliphatic heterocycles. The van der Waals surface area contributed by atoms with E-state index in [9.17, 15) is 4.79 Å². The Morgan fingerprint density at radius 2 is 1.77 bits per heavy atom. The molecule has 2 heterocycles. The van der Waals surface area contributed by atoms with Crippen LogP contribution in [0.1, 0.15) is 44.9 Å². The van der Waals surface area contributed by atoms with Gasteiger partial charge in [-0.2, -0.15) is 5.10 Å². The number of rotatable bonds is 4. The predicted octanol–water partition coefficient (Wildman–Crippen LogP) is 3.74. The highest BCUT2D eigenvalue weighted by Gasteiger charge is 2.26. The van der Waals surface area contributed by atoms with Crippen molar-refractivity contribution in [2.45, 2.75) is 51.0 Å². The lowest BCUT2D eigenvalue weighted by atomic mass is 9.88. The molecule has 2 N–H and O–H groups in total. The Labute approximate surface area is 155 Å². The fraction of sp³-hybridized carbons (Fsp3) is 0.524. The van der Waals surface area contributed by atoms with E-state index in [2.05, 4.69) is 38.6 Å². The van der Waals surface area contributed by atoms with Crippen LogP contribution in [0.5, 0.6) is 0 Å². The molecule has 138 valence electrons. The third-order valence-corrected chi connectivity index (χ3v) is 5.79. The summed E-state index contributed by atoms with van der Waals surface area (Å²) in [6.07, 6.45) is 7.83. The second-order valence-corrected chi connectivity index (χ2v) is 7.61. The average Bonchev–Trinajstić information content (AvgIpc) is 3.20. The molecule has 0 spiro atoms. The zero-order chi connectivity index (χ0) is 17.8. The van der Waals surface area contributed by atoms with Gasteiger partial charge in [0.15, 0.2) is 5.82 Å². The van der Waals surface area contributed by atoms with Crippen LogP contribution < -0.4 is 10.2 Å². The van der Waals surface area contributed by atoms with Crippen LogP contribution in [0.3, 0.4) is 0 Å². The maximum atomic E-state index is 12.4. The van der Waals surface area contributed by atoms with E-state index in [0.717, 1.165) is 55.8 Å². The van der Waals surface area contributed by atoms with Gasteiger partial charge in [-0.25, -0.2) is 0 Å². The van der Waals surface area contributed by atoms with E-state index in [4.69, 9.17) is 0 Å². The van der Waals surface area contributed by atoms with Gasteiger partial charge in [0, 0.05) is 31.1 Å². The topological polar surface area (TPSA) is 61.0 Å². The number of nitrogens with zero attached hydrogens (tertiary/aromatic N) is 2. The fourth-order valence-corrected chi connectivity index (χ4v) is 4.18. The van der Waals surface area contributed by atoms with Crippen LogP contribution in [0.25, 0.3) is 11.3 Å². The standard InChI is InChI=1S/C21H28N4O/c26-21(17-9-5-2-6-10-17)22-18-11-13-25(14-12-18)20-15-19(23-24-20)16-7-3-1-4-8-16/h1,3-4,7-8,15,17-18H,2,5-6,9-14H2,(H,22,26)(H,23,24). The number of benzene rings is 1. The van der Waals surface area contributed by atoms with Gasteiger partial charge >= 0.3 is 0 Å². The van der Waals surface area contributed by atoms with Crippen LogP contribution in [0, 0.1) is 5.92 Å². The molecule has 2 fully saturated rings. The Balaban J connectivity index is 1.30. The Hall–Kier alpha value is -2.30. The summed E-state index contributed by atoms with van der Waals surface area (Å²) in [5, 5.41) is 10.9. The van der Waals surface area contributed by atoms with Crippen LogP contribution in [0.15, 0.2) is 36.4 Å². The van der Waals surface area contributed by atoms with Gasteiger partial charge in [-0.05, 0) is 31.2 Å². The molecule has 26 heavy (non-hydrogen) atoms. The number of piperidine rings is 1. The smallest absolute Gasteiger partial charge is 0.223 e. The van der Waals surface area contributed by atoms with Crippen molar-refractivity contribution in [1.29, 1.82) is 0 Å². The largest absolute Gasteiger partial charge is 0.355 e. The first-order valence-electron chi connectivity index (χ1n) is 9.96. The first kappa shape index (κ1) is 17.1. The Morgan fingerprint density at radius 3 is 2.50 bits per heavy atom. The van der Waals surface area contributed by atoms with Crippen LogP contribution >= 0.6 is 0 Å². The summed E-state index contributed by atoms with van der Waals surface area (Å²) in [6, 6.07) is 12.7. The summed E-state index contributed by atoms with van der Waals surface area (Å²) in [5.74, 6) is 1.54. The van der Waals surface area contributed by atoms with Crippen LogP contribution in [0.4, 0.5) is 5.82 Å². The number of hydrogen-bond acceptors (Lipinski definition) is 3. The molecule has 0 atom stereocenters. The summed E-state index contributed by atoms with van der Waals surface area (Å²) in [5.41, 5.74) is 2.20. The monoisotopic (exact) mass is 352 g/mol. The Kier molecular flexibility index (Phi) is 5.23. The predicted molar refractivity (Wildman–Crippen MR) is 104 cm³/mol. The molecule has 0 unspecified atom stereocenters. The zero-order valence-electron chi connectivity index (χ0n) is 15.3. The molecule has 1 saturated carbocycles. The molecule has 1 amide bonds. The highest BCUT2D eigenvalue weighted by Crippen LogP contribution is 2.26. The molecule has 1 saturated heterocycles. The number of amides is 1. The van der Waals surface area contributed by atoms with E-state index in [1.807, 2.05) is 18.2 Å². The second-order valence-electron chi connectivity index (χ2n) is 7.61. The first-order valence-corrected chi connectivity index (χ1v) is 9.96. The van der Waals surface area contributed by atoms with Gasteiger partial charge in [0.25, 0.3) is 0 Å². The molecule has 1 aromatic heterocycles. The summed E-state index contributed by atoms with van der Waals surface area (Å²) in [6.45, 7) is 1.88. The third kappa shape index (κ3) is 3.92. The summed E-state index contributed by atoms with van der Waals surface area (Å²) in [4.78, 5) is 14.7. The maximum absolute atomic E-state index is 12.4. The number of H-pyrrole nitrogens is 1. The Morgan fingerprint density at radius 1 is 1.04 bits per heavy atom. The number of carbonyl (C=O) groups is 1. The van der Waals surface area contributed by atoms with Gasteiger partial charge in [-0.15, -0.1) is 0 Å². The van der Waals surface area contributed by atoms with Crippen LogP contribution in [-0.2, 0) is 4.79 Å². The van der Waals surface area contributed by atoms with Gasteiger partial charge in [0.05, 0.1) is 5.69 Å². The molecule has 0 bridgehead atoms. The van der Waals surface area contributed by atoms with Crippen molar-refractivity contribution < 1.29 is 4.79 Å². The van der Waals surface area contributed by atoms with E-state index in [1.54, 1.807) is 0 Å². The highest BCUT2D eigenvalue weighted by molar-refractivity contribution is 5.79. The minimum Gasteiger partial charge on any atom is -0.355 e. The van der Waals surface area contributed by atoms with Crippen molar-refractivity contribution in [3.63, 3.8) is 0 Å². The van der Waals surface area contributed by atoms with Gasteiger partial charge in [0.2, 0.25) is 5.91 Å². The van der Waals surface area contributed by atoms with E-state index < -0.39 is 0 Å². The first-order chi connectivity index (χ1) is 12.8. The molecule has 5 heteroatoms. The number of aromatic amines is 1. The number of anilines is 1. The van der Waals surface area contributed by atoms with Crippen molar-refractivity contribution in [2.24, 2.45) is 5.92 Å². The van der Waals surface area contributed by atoms with Crippen LogP contribution in [-0.4, -0.2) is 35.2 Å². The summed E-state index contributed by atoms with van der Waals surface area (Å²) < 4.78 is 0. The highest BCUT2D eigenvalue weighted by atomic mass is 16.1. The number of aromatic nitrogens is 2. The second kappa shape index (κ2) is 7.94. The van der Waals surface area contributed by atoms with Gasteiger partial charge < -0.3 is 10.2 Å². The van der Waals surface area contributed by atoms with E-state index in [0.29, 0.717) is 6.04 Å². The lowest BCUT2D eigenvalue weighted by Crippen LogP contribution is -2.46. The van der Waals surface area contributed by atoms with Crippen molar-refractivity contribution in [1.82, 2.24) is 15.5 Å². The molecule has 0 radical (unpaired) electrons. The number of carbonyl (C=O) groups excluding carboxylic acids is 1. The zero-order valence-corrected chi connectivity index (χ0v) is 15.3. The molecule has 1 aromatic carbocycles. The third-order valence-electron chi connectivity index (χ3n) is 5.79. The van der Waals surface area contributed by atoms with Crippen molar-refractivity contribution >= 4 is 11.7 Å². The minimum atomic E-state index is 0.251. The summed E-state index contributed by atoms with van der Waals surface area (Å²) >= 11 is 0. The molecular weight excluding hydrogens is 324 g/mol. The SMILES string of the molecule is O=C(NC1CCN(c2cc(-c3ccccc3)[nH]n2)CC1)C1CCCCC1. The van der Waals surface area contributed by atoms with Crippen molar-refractivity contribution in [3.8, 4) is 11.3 Å². The van der Waals surface area contributed by atoms with E-state index >= 15 is 0 Å². The van der Waals surface area contributed by atoms with Crippen molar-refractivity contribution in [3.05, 3.63) is 36.4 Å². The number of hydrogen-bond donors (Lipinski definition) is 2. The lowest BCUT2D eigenvalue weighted by Gasteiger charge is -2.33. The fourth-order valence-electron chi connectivity index (χ4n) is 4.18. The maximum Gasteiger partial charge on any atom is 0.223 e. The molecule has 5 nitrogen and oxygen atoms in total. The normalized spacial score (nSPS) is 19.5. The quantitative estimate of drug-likeness (QED) is 0.881. The van der Waals surface area contributed by atoms with E-state index in [-0.39, 0.29) is 11.8 Å². The van der Waals surface area contributed by atoms with Crippen LogP contribution in [0.2, 0.25) is 0 Å². The number of nitrogens with one attached hydrogen (secondary N) is 2. The minimum absolute atomic E-state index is 0.251. The Bertz CT molecular complexity index is 713. The van der Waals surface area contributed by atoms with Gasteiger partial charge in [-0.1, -0.05) is 49.6 Å².